The summed E-state index contributed by atoms with van der Waals surface area (Å²) in [7, 11) is 2.02. The average molecular weight is 255 g/mol. The van der Waals surface area contributed by atoms with Crippen LogP contribution in [0.5, 0.6) is 0 Å². The minimum atomic E-state index is 0.450. The Morgan fingerprint density at radius 1 is 1.18 bits per heavy atom. The molecule has 1 heterocycles. The number of nitrogens with one attached hydrogen (secondary N) is 1. The summed E-state index contributed by atoms with van der Waals surface area (Å²) in [6, 6.07) is 0.450. The van der Waals surface area contributed by atoms with Gasteiger partial charge in [0.25, 0.3) is 0 Å². The van der Waals surface area contributed by atoms with Crippen molar-refractivity contribution in [3.05, 3.63) is 11.1 Å². The van der Waals surface area contributed by atoms with Gasteiger partial charge in [-0.3, -0.25) is 0 Å². The van der Waals surface area contributed by atoms with Gasteiger partial charge in [-0.15, -0.1) is 5.10 Å². The summed E-state index contributed by atoms with van der Waals surface area (Å²) in [5.74, 6) is 0. The van der Waals surface area contributed by atoms with Crippen LogP contribution in [0.3, 0.4) is 0 Å². The first-order chi connectivity index (χ1) is 8.38. The van der Waals surface area contributed by atoms with Crippen LogP contribution in [0.15, 0.2) is 6.20 Å². The van der Waals surface area contributed by atoms with Crippen molar-refractivity contribution in [1.29, 1.82) is 0 Å². The Morgan fingerprint density at radius 3 is 2.47 bits per heavy atom. The first-order valence-corrected chi connectivity index (χ1v) is 7.60. The van der Waals surface area contributed by atoms with Crippen molar-refractivity contribution >= 4 is 11.5 Å². The van der Waals surface area contributed by atoms with E-state index in [0.717, 1.165) is 0 Å². The van der Waals surface area contributed by atoms with Gasteiger partial charge in [0, 0.05) is 6.04 Å². The lowest BCUT2D eigenvalue weighted by Crippen LogP contribution is -2.14. The van der Waals surface area contributed by atoms with Gasteiger partial charge < -0.3 is 5.32 Å². The summed E-state index contributed by atoms with van der Waals surface area (Å²) in [5, 5.41) is 7.24. The molecule has 0 aromatic carbocycles. The smallest absolute Gasteiger partial charge is 0.0669 e. The second-order valence-electron chi connectivity index (χ2n) is 4.57. The zero-order valence-electron chi connectivity index (χ0n) is 11.1. The van der Waals surface area contributed by atoms with Gasteiger partial charge in [-0.2, -0.15) is 0 Å². The predicted molar refractivity (Wildman–Crippen MR) is 74.3 cm³/mol. The highest BCUT2D eigenvalue weighted by Gasteiger charge is 2.10. The molecule has 1 atom stereocenters. The first kappa shape index (κ1) is 14.6. The zero-order valence-corrected chi connectivity index (χ0v) is 11.9. The molecule has 0 fully saturated rings. The Balaban J connectivity index is 2.04. The molecule has 1 aromatic rings. The van der Waals surface area contributed by atoms with Gasteiger partial charge in [-0.05, 0) is 25.0 Å². The molecular weight excluding hydrogens is 230 g/mol. The lowest BCUT2D eigenvalue weighted by molar-refractivity contribution is 0.500. The molecule has 0 spiro atoms. The van der Waals surface area contributed by atoms with Crippen molar-refractivity contribution in [2.24, 2.45) is 0 Å². The second kappa shape index (κ2) is 9.54. The lowest BCUT2D eigenvalue weighted by atomic mass is 10.0. The standard InChI is InChI=1S/C13H25N3S/c1-3-4-5-6-7-8-9-10-12(14-2)13-11-15-16-17-13/h11-12,14H,3-10H2,1-2H3. The van der Waals surface area contributed by atoms with Crippen molar-refractivity contribution in [2.75, 3.05) is 7.05 Å². The number of nitrogens with zero attached hydrogens (tertiary/aromatic N) is 2. The summed E-state index contributed by atoms with van der Waals surface area (Å²) in [5.41, 5.74) is 0. The molecule has 1 unspecified atom stereocenters. The van der Waals surface area contributed by atoms with E-state index >= 15 is 0 Å². The fourth-order valence-electron chi connectivity index (χ4n) is 2.06. The number of unbranched alkanes of at least 4 members (excludes halogenated alkanes) is 6. The highest BCUT2D eigenvalue weighted by atomic mass is 32.1. The molecule has 98 valence electrons. The van der Waals surface area contributed by atoms with Crippen LogP contribution >= 0.6 is 11.5 Å². The van der Waals surface area contributed by atoms with Gasteiger partial charge in [-0.1, -0.05) is 56.4 Å². The van der Waals surface area contributed by atoms with E-state index in [1.54, 1.807) is 0 Å². The van der Waals surface area contributed by atoms with Crippen LogP contribution in [0.1, 0.15) is 69.2 Å². The van der Waals surface area contributed by atoms with E-state index in [1.165, 1.54) is 67.8 Å². The minimum absolute atomic E-state index is 0.450. The minimum Gasteiger partial charge on any atom is -0.312 e. The van der Waals surface area contributed by atoms with Gasteiger partial charge in [0.15, 0.2) is 0 Å². The van der Waals surface area contributed by atoms with E-state index in [9.17, 15) is 0 Å². The molecule has 0 aliphatic rings. The first-order valence-electron chi connectivity index (χ1n) is 6.83. The Kier molecular flexibility index (Phi) is 8.18. The summed E-state index contributed by atoms with van der Waals surface area (Å²) >= 11 is 1.51. The van der Waals surface area contributed by atoms with Crippen LogP contribution in [-0.2, 0) is 0 Å². The van der Waals surface area contributed by atoms with Gasteiger partial charge in [0.1, 0.15) is 0 Å². The SMILES string of the molecule is CCCCCCCCCC(NC)c1cnns1. The summed E-state index contributed by atoms with van der Waals surface area (Å²) in [4.78, 5) is 1.26. The average Bonchev–Trinajstić information content (AvgIpc) is 2.86. The van der Waals surface area contributed by atoms with Crippen LogP contribution < -0.4 is 5.32 Å². The van der Waals surface area contributed by atoms with Crippen LogP contribution in [-0.4, -0.2) is 16.6 Å². The molecule has 1 N–H and O–H groups in total. The second-order valence-corrected chi connectivity index (χ2v) is 5.39. The quantitative estimate of drug-likeness (QED) is 0.643. The van der Waals surface area contributed by atoms with E-state index in [2.05, 4.69) is 21.8 Å². The van der Waals surface area contributed by atoms with E-state index < -0.39 is 0 Å². The maximum atomic E-state index is 3.92. The molecule has 1 rings (SSSR count). The molecule has 0 aliphatic carbocycles. The molecule has 0 saturated heterocycles. The van der Waals surface area contributed by atoms with Crippen molar-refractivity contribution < 1.29 is 0 Å². The van der Waals surface area contributed by atoms with Crippen molar-refractivity contribution in [2.45, 2.75) is 64.3 Å². The summed E-state index contributed by atoms with van der Waals surface area (Å²) in [6.07, 6.45) is 12.7. The Bertz CT molecular complexity index is 262. The van der Waals surface area contributed by atoms with E-state index in [4.69, 9.17) is 0 Å². The van der Waals surface area contributed by atoms with Gasteiger partial charge >= 0.3 is 0 Å². The summed E-state index contributed by atoms with van der Waals surface area (Å²) in [6.45, 7) is 2.26. The highest BCUT2D eigenvalue weighted by Crippen LogP contribution is 2.21. The topological polar surface area (TPSA) is 37.8 Å². The third kappa shape index (κ3) is 6.13. The molecule has 0 bridgehead atoms. The zero-order chi connectivity index (χ0) is 12.3. The molecule has 0 amide bonds. The molecular formula is C13H25N3S. The number of hydrogen-bond acceptors (Lipinski definition) is 4. The molecule has 4 heteroatoms. The number of aromatic nitrogens is 2. The van der Waals surface area contributed by atoms with Crippen molar-refractivity contribution in [3.8, 4) is 0 Å². The van der Waals surface area contributed by atoms with Gasteiger partial charge in [0.05, 0.1) is 11.1 Å². The van der Waals surface area contributed by atoms with Crippen LogP contribution in [0, 0.1) is 0 Å². The third-order valence-corrected chi connectivity index (χ3v) is 3.94. The van der Waals surface area contributed by atoms with Crippen LogP contribution in [0.2, 0.25) is 0 Å². The maximum Gasteiger partial charge on any atom is 0.0669 e. The highest BCUT2D eigenvalue weighted by molar-refractivity contribution is 7.05. The van der Waals surface area contributed by atoms with Crippen molar-refractivity contribution in [1.82, 2.24) is 14.9 Å². The Hall–Kier alpha value is -0.480. The third-order valence-electron chi connectivity index (χ3n) is 3.17. The normalized spacial score (nSPS) is 12.8. The Morgan fingerprint density at radius 2 is 1.88 bits per heavy atom. The molecule has 1 aromatic heterocycles. The van der Waals surface area contributed by atoms with Crippen molar-refractivity contribution in [3.63, 3.8) is 0 Å². The van der Waals surface area contributed by atoms with E-state index in [0.29, 0.717) is 6.04 Å². The number of hydrogen-bond donors (Lipinski definition) is 1. The fourth-order valence-corrected chi connectivity index (χ4v) is 2.71. The summed E-state index contributed by atoms with van der Waals surface area (Å²) < 4.78 is 3.92. The predicted octanol–water partition coefficient (Wildman–Crippen LogP) is 3.94. The fraction of sp³-hybridized carbons (Fsp3) is 0.846. The van der Waals surface area contributed by atoms with E-state index in [1.807, 2.05) is 13.2 Å². The van der Waals surface area contributed by atoms with E-state index in [-0.39, 0.29) is 0 Å². The Labute approximate surface area is 109 Å². The number of rotatable bonds is 10. The molecule has 17 heavy (non-hydrogen) atoms. The molecule has 0 saturated carbocycles. The van der Waals surface area contributed by atoms with Gasteiger partial charge in [0.2, 0.25) is 0 Å². The monoisotopic (exact) mass is 255 g/mol. The van der Waals surface area contributed by atoms with Gasteiger partial charge in [-0.25, -0.2) is 0 Å². The molecule has 0 aliphatic heterocycles. The molecule has 3 nitrogen and oxygen atoms in total. The molecule has 0 radical (unpaired) electrons. The maximum absolute atomic E-state index is 3.92. The largest absolute Gasteiger partial charge is 0.312 e. The van der Waals surface area contributed by atoms with Crippen LogP contribution in [0.25, 0.3) is 0 Å². The lowest BCUT2D eigenvalue weighted by Gasteiger charge is -2.12. The van der Waals surface area contributed by atoms with Crippen LogP contribution in [0.4, 0.5) is 0 Å².